The molecule has 0 radical (unpaired) electrons. The van der Waals surface area contributed by atoms with Crippen molar-refractivity contribution in [2.45, 2.75) is 45.2 Å². The van der Waals surface area contributed by atoms with Crippen LogP contribution in [0.4, 0.5) is 0 Å². The molecule has 0 spiro atoms. The Morgan fingerprint density at radius 1 is 1.35 bits per heavy atom. The number of nitrogens with one attached hydrogen (secondary N) is 1. The highest BCUT2D eigenvalue weighted by molar-refractivity contribution is 5.21. The van der Waals surface area contributed by atoms with Gasteiger partial charge in [0.15, 0.2) is 0 Å². The van der Waals surface area contributed by atoms with E-state index < -0.39 is 0 Å². The molecule has 1 aromatic rings. The fourth-order valence-electron chi connectivity index (χ4n) is 2.97. The Hall–Kier alpha value is -1.12. The molecule has 0 aliphatic carbocycles. The van der Waals surface area contributed by atoms with Gasteiger partial charge in [-0.25, -0.2) is 0 Å². The van der Waals surface area contributed by atoms with Gasteiger partial charge in [-0.15, -0.1) is 0 Å². The lowest BCUT2D eigenvalue weighted by Gasteiger charge is -2.46. The second-order valence-corrected chi connectivity index (χ2v) is 6.05. The van der Waals surface area contributed by atoms with Crippen LogP contribution in [0.15, 0.2) is 42.5 Å². The maximum Gasteiger partial charge on any atom is 0.0473 e. The van der Waals surface area contributed by atoms with Crippen LogP contribution in [-0.4, -0.2) is 30.1 Å². The molecule has 2 nitrogen and oxygen atoms in total. The second kappa shape index (κ2) is 7.05. The zero-order valence-electron chi connectivity index (χ0n) is 13.1. The fourth-order valence-corrected chi connectivity index (χ4v) is 2.97. The van der Waals surface area contributed by atoms with Crippen molar-refractivity contribution < 1.29 is 0 Å². The van der Waals surface area contributed by atoms with Crippen molar-refractivity contribution in [1.82, 2.24) is 10.2 Å². The predicted octanol–water partition coefficient (Wildman–Crippen LogP) is 3.77. The van der Waals surface area contributed by atoms with E-state index in [1.54, 1.807) is 0 Å². The Kier molecular flexibility index (Phi) is 5.38. The molecular formula is C18H28N2. The summed E-state index contributed by atoms with van der Waals surface area (Å²) in [5, 5.41) is 3.75. The Balaban J connectivity index is 2.12. The Bertz CT molecular complexity index is 426. The van der Waals surface area contributed by atoms with Gasteiger partial charge in [0.05, 0.1) is 0 Å². The Morgan fingerprint density at radius 3 is 2.75 bits per heavy atom. The zero-order valence-corrected chi connectivity index (χ0v) is 13.1. The van der Waals surface area contributed by atoms with Gasteiger partial charge < -0.3 is 5.32 Å². The molecule has 2 unspecified atom stereocenters. The minimum absolute atomic E-state index is 0.251. The fraction of sp³-hybridized carbons (Fsp3) is 0.556. The van der Waals surface area contributed by atoms with Crippen molar-refractivity contribution in [1.29, 1.82) is 0 Å². The van der Waals surface area contributed by atoms with Gasteiger partial charge >= 0.3 is 0 Å². The van der Waals surface area contributed by atoms with Gasteiger partial charge in [0.1, 0.15) is 0 Å². The van der Waals surface area contributed by atoms with E-state index in [1.807, 2.05) is 0 Å². The van der Waals surface area contributed by atoms with E-state index in [0.29, 0.717) is 6.04 Å². The molecule has 1 fully saturated rings. The number of rotatable bonds is 5. The van der Waals surface area contributed by atoms with Crippen LogP contribution in [0.2, 0.25) is 0 Å². The first-order valence-corrected chi connectivity index (χ1v) is 7.83. The minimum atomic E-state index is 0.251. The first-order chi connectivity index (χ1) is 9.68. The van der Waals surface area contributed by atoms with E-state index in [1.165, 1.54) is 12.0 Å². The standard InChI is InChI=1S/C18H28N2/c1-4-6-10-13-20-15-18(3,5-2)19-14-17(20)16-11-8-7-9-12-16/h4,6-9,11-12,17,19H,5,10,13-15H2,1-3H3/b6-4+. The summed E-state index contributed by atoms with van der Waals surface area (Å²) in [5.74, 6) is 0. The molecule has 0 saturated carbocycles. The van der Waals surface area contributed by atoms with Crippen molar-refractivity contribution in [2.24, 2.45) is 0 Å². The number of nitrogens with zero attached hydrogens (tertiary/aromatic N) is 1. The summed E-state index contributed by atoms with van der Waals surface area (Å²) in [7, 11) is 0. The molecule has 0 aromatic heterocycles. The first kappa shape index (κ1) is 15.3. The topological polar surface area (TPSA) is 15.3 Å². The number of piperazine rings is 1. The van der Waals surface area contributed by atoms with Crippen LogP contribution >= 0.6 is 0 Å². The third-order valence-electron chi connectivity index (χ3n) is 4.50. The van der Waals surface area contributed by atoms with Gasteiger partial charge in [-0.05, 0) is 32.3 Å². The van der Waals surface area contributed by atoms with Crippen LogP contribution in [0.25, 0.3) is 0 Å². The molecular weight excluding hydrogens is 244 g/mol. The highest BCUT2D eigenvalue weighted by Gasteiger charge is 2.34. The van der Waals surface area contributed by atoms with Gasteiger partial charge in [0.25, 0.3) is 0 Å². The third-order valence-corrected chi connectivity index (χ3v) is 4.50. The highest BCUT2D eigenvalue weighted by Crippen LogP contribution is 2.28. The second-order valence-electron chi connectivity index (χ2n) is 6.05. The van der Waals surface area contributed by atoms with E-state index in [-0.39, 0.29) is 5.54 Å². The van der Waals surface area contributed by atoms with E-state index in [2.05, 4.69) is 73.5 Å². The van der Waals surface area contributed by atoms with Crippen LogP contribution in [0.5, 0.6) is 0 Å². The maximum absolute atomic E-state index is 3.75. The van der Waals surface area contributed by atoms with Crippen molar-refractivity contribution >= 4 is 0 Å². The molecule has 2 heteroatoms. The summed E-state index contributed by atoms with van der Waals surface area (Å²) in [6.07, 6.45) is 6.74. The van der Waals surface area contributed by atoms with Crippen molar-refractivity contribution in [2.75, 3.05) is 19.6 Å². The number of benzene rings is 1. The van der Waals surface area contributed by atoms with E-state index in [9.17, 15) is 0 Å². The molecule has 1 N–H and O–H groups in total. The normalized spacial score (nSPS) is 28.1. The van der Waals surface area contributed by atoms with Crippen molar-refractivity contribution in [3.05, 3.63) is 48.0 Å². The van der Waals surface area contributed by atoms with E-state index >= 15 is 0 Å². The van der Waals surface area contributed by atoms with Gasteiger partial charge in [-0.2, -0.15) is 0 Å². The average Bonchev–Trinajstić information content (AvgIpc) is 2.49. The Labute approximate surface area is 123 Å². The molecule has 1 aliphatic rings. The average molecular weight is 272 g/mol. The maximum atomic E-state index is 3.75. The van der Waals surface area contributed by atoms with Gasteiger partial charge in [0.2, 0.25) is 0 Å². The summed E-state index contributed by atoms with van der Waals surface area (Å²) < 4.78 is 0. The van der Waals surface area contributed by atoms with Crippen molar-refractivity contribution in [3.63, 3.8) is 0 Å². The summed E-state index contributed by atoms with van der Waals surface area (Å²) >= 11 is 0. The number of hydrogen-bond acceptors (Lipinski definition) is 2. The van der Waals surface area contributed by atoms with Crippen molar-refractivity contribution in [3.8, 4) is 0 Å². The minimum Gasteiger partial charge on any atom is -0.308 e. The summed E-state index contributed by atoms with van der Waals surface area (Å²) in [4.78, 5) is 2.65. The summed E-state index contributed by atoms with van der Waals surface area (Å²) in [6, 6.07) is 11.4. The summed E-state index contributed by atoms with van der Waals surface area (Å²) in [5.41, 5.74) is 1.68. The molecule has 20 heavy (non-hydrogen) atoms. The largest absolute Gasteiger partial charge is 0.308 e. The van der Waals surface area contributed by atoms with Gasteiger partial charge in [-0.3, -0.25) is 4.90 Å². The number of allylic oxidation sites excluding steroid dienone is 1. The quantitative estimate of drug-likeness (QED) is 0.821. The molecule has 0 bridgehead atoms. The monoisotopic (exact) mass is 272 g/mol. The lowest BCUT2D eigenvalue weighted by atomic mass is 9.91. The third kappa shape index (κ3) is 3.71. The van der Waals surface area contributed by atoms with E-state index in [0.717, 1.165) is 26.1 Å². The van der Waals surface area contributed by atoms with Gasteiger partial charge in [-0.1, -0.05) is 49.4 Å². The zero-order chi connectivity index (χ0) is 14.4. The lowest BCUT2D eigenvalue weighted by Crippen LogP contribution is -2.59. The van der Waals surface area contributed by atoms with Gasteiger partial charge in [0, 0.05) is 31.2 Å². The predicted molar refractivity (Wildman–Crippen MR) is 86.9 cm³/mol. The van der Waals surface area contributed by atoms with Crippen LogP contribution in [0, 0.1) is 0 Å². The molecule has 1 aliphatic heterocycles. The molecule has 1 aromatic carbocycles. The molecule has 110 valence electrons. The molecule has 2 rings (SSSR count). The van der Waals surface area contributed by atoms with Crippen LogP contribution < -0.4 is 5.32 Å². The molecule has 1 heterocycles. The van der Waals surface area contributed by atoms with Crippen LogP contribution in [-0.2, 0) is 0 Å². The molecule has 2 atom stereocenters. The molecule has 1 saturated heterocycles. The first-order valence-electron chi connectivity index (χ1n) is 7.83. The van der Waals surface area contributed by atoms with Crippen LogP contribution in [0.3, 0.4) is 0 Å². The summed E-state index contributed by atoms with van der Waals surface area (Å²) in [6.45, 7) is 10.0. The molecule has 0 amide bonds. The number of hydrogen-bond donors (Lipinski definition) is 1. The van der Waals surface area contributed by atoms with Crippen LogP contribution in [0.1, 0.15) is 45.2 Å². The highest BCUT2D eigenvalue weighted by atomic mass is 15.2. The smallest absolute Gasteiger partial charge is 0.0473 e. The SMILES string of the molecule is C/C=C/CCN1CC(C)(CC)NCC1c1ccccc1. The van der Waals surface area contributed by atoms with E-state index in [4.69, 9.17) is 0 Å². The lowest BCUT2D eigenvalue weighted by molar-refractivity contribution is 0.0858. The Morgan fingerprint density at radius 2 is 2.10 bits per heavy atom.